The molecule has 11 heavy (non-hydrogen) atoms. The van der Waals surface area contributed by atoms with Gasteiger partial charge in [-0.05, 0) is 0 Å². The van der Waals surface area contributed by atoms with Gasteiger partial charge in [0.05, 0.1) is 5.69 Å². The predicted molar refractivity (Wildman–Crippen MR) is 48.1 cm³/mol. The fourth-order valence-electron chi connectivity index (χ4n) is 0.603. The molecule has 0 amide bonds. The zero-order chi connectivity index (χ0) is 8.27. The van der Waals surface area contributed by atoms with Crippen LogP contribution in [0.5, 0.6) is 0 Å². The molecule has 1 rings (SSSR count). The number of thiocarbonyl (C=S) groups is 1. The minimum absolute atomic E-state index is 0.418. The van der Waals surface area contributed by atoms with Crippen molar-refractivity contribution in [2.75, 3.05) is 5.73 Å². The van der Waals surface area contributed by atoms with Gasteiger partial charge < -0.3 is 5.73 Å². The van der Waals surface area contributed by atoms with E-state index in [2.05, 4.69) is 22.3 Å². The summed E-state index contributed by atoms with van der Waals surface area (Å²) in [5.41, 5.74) is 12.8. The van der Waals surface area contributed by atoms with Gasteiger partial charge in [0.2, 0.25) is 0 Å². The Labute approximate surface area is 73.0 Å². The number of thiazole rings is 1. The second kappa shape index (κ2) is 3.49. The monoisotopic (exact) mass is 186 g/mol. The molecule has 0 aliphatic rings. The molecule has 1 aromatic heterocycles. The van der Waals surface area contributed by atoms with Crippen LogP contribution in [0.4, 0.5) is 5.13 Å². The molecule has 1 aromatic rings. The largest absolute Gasteiger partial charge is 0.375 e. The van der Waals surface area contributed by atoms with Crippen LogP contribution in [-0.4, -0.2) is 10.4 Å². The molecule has 0 fully saturated rings. The average Bonchev–Trinajstić information content (AvgIpc) is 2.39. The molecule has 0 saturated heterocycles. The fraction of sp³-hybridized carbons (Fsp3) is 0.200. The highest BCUT2D eigenvalue weighted by Gasteiger charge is 2.08. The highest BCUT2D eigenvalue weighted by atomic mass is 32.1. The van der Waals surface area contributed by atoms with Gasteiger partial charge >= 0.3 is 0 Å². The smallest absolute Gasteiger partial charge is 0.180 e. The van der Waals surface area contributed by atoms with Gasteiger partial charge in [-0.2, -0.15) is 5.11 Å². The zero-order valence-electron chi connectivity index (χ0n) is 5.52. The first-order chi connectivity index (χ1) is 5.27. The normalized spacial score (nSPS) is 12.4. The first-order valence-corrected chi connectivity index (χ1v) is 4.15. The molecule has 0 radical (unpaired) electrons. The van der Waals surface area contributed by atoms with E-state index in [1.165, 1.54) is 16.7 Å². The summed E-state index contributed by atoms with van der Waals surface area (Å²) in [6.07, 6.45) is 0. The van der Waals surface area contributed by atoms with E-state index in [1.54, 1.807) is 5.38 Å². The van der Waals surface area contributed by atoms with E-state index < -0.39 is 6.04 Å². The molecule has 58 valence electrons. The molecule has 0 aromatic carbocycles. The lowest BCUT2D eigenvalue weighted by atomic mass is 10.3. The number of hydrogen-bond donors (Lipinski definition) is 2. The van der Waals surface area contributed by atoms with Crippen LogP contribution >= 0.6 is 23.6 Å². The van der Waals surface area contributed by atoms with E-state index in [-0.39, 0.29) is 0 Å². The maximum Gasteiger partial charge on any atom is 0.180 e. The quantitative estimate of drug-likeness (QED) is 0.558. The zero-order valence-corrected chi connectivity index (χ0v) is 7.15. The molecule has 3 N–H and O–H groups in total. The van der Waals surface area contributed by atoms with Gasteiger partial charge in [-0.3, -0.25) is 0 Å². The van der Waals surface area contributed by atoms with E-state index in [1.807, 2.05) is 0 Å². The number of nitrogens with two attached hydrogens (primary N) is 1. The van der Waals surface area contributed by atoms with Gasteiger partial charge in [-0.25, -0.2) is 10.5 Å². The van der Waals surface area contributed by atoms with Crippen LogP contribution in [0.2, 0.25) is 0 Å². The van der Waals surface area contributed by atoms with E-state index >= 15 is 0 Å². The van der Waals surface area contributed by atoms with E-state index in [9.17, 15) is 0 Å². The van der Waals surface area contributed by atoms with Crippen molar-refractivity contribution in [1.29, 1.82) is 5.53 Å². The Hall–Kier alpha value is -0.880. The summed E-state index contributed by atoms with van der Waals surface area (Å²) in [7, 11) is 0. The molecule has 0 saturated carbocycles. The Morgan fingerprint density at radius 3 is 3.00 bits per heavy atom. The summed E-state index contributed by atoms with van der Waals surface area (Å²) in [5.74, 6) is 0. The molecule has 0 aliphatic carbocycles. The minimum atomic E-state index is -0.418. The van der Waals surface area contributed by atoms with Crippen LogP contribution < -0.4 is 5.73 Å². The third-order valence-electron chi connectivity index (χ3n) is 1.11. The Balaban J connectivity index is 2.89. The standard InChI is InChI=1S/C5H6N4S2/c6-5-8-4(2-11-5)3(1-10)9-7/h1-3,7H,(H2,6,8). The van der Waals surface area contributed by atoms with Crippen LogP contribution in [0, 0.1) is 5.53 Å². The molecule has 1 heterocycles. The molecular formula is C5H6N4S2. The van der Waals surface area contributed by atoms with Gasteiger partial charge in [0, 0.05) is 10.7 Å². The Morgan fingerprint density at radius 1 is 1.91 bits per heavy atom. The van der Waals surface area contributed by atoms with Gasteiger partial charge in [0.25, 0.3) is 0 Å². The van der Waals surface area contributed by atoms with Crippen molar-refractivity contribution in [3.05, 3.63) is 11.1 Å². The molecule has 0 bridgehead atoms. The lowest BCUT2D eigenvalue weighted by molar-refractivity contribution is 0.836. The first kappa shape index (κ1) is 8.22. The second-order valence-electron chi connectivity index (χ2n) is 1.82. The molecule has 1 atom stereocenters. The number of hydrogen-bond acceptors (Lipinski definition) is 6. The number of nitrogen functional groups attached to an aromatic ring is 1. The molecular weight excluding hydrogens is 180 g/mol. The number of nitrogens with one attached hydrogen (secondary N) is 1. The van der Waals surface area contributed by atoms with Crippen molar-refractivity contribution in [2.24, 2.45) is 5.11 Å². The molecule has 4 nitrogen and oxygen atoms in total. The number of rotatable bonds is 3. The summed E-state index contributed by atoms with van der Waals surface area (Å²) in [4.78, 5) is 3.94. The fourth-order valence-corrected chi connectivity index (χ4v) is 1.39. The van der Waals surface area contributed by atoms with Crippen LogP contribution in [0.1, 0.15) is 11.7 Å². The van der Waals surface area contributed by atoms with Crippen molar-refractivity contribution in [2.45, 2.75) is 6.04 Å². The van der Waals surface area contributed by atoms with Crippen LogP contribution in [0.3, 0.4) is 0 Å². The van der Waals surface area contributed by atoms with Gasteiger partial charge in [-0.15, -0.1) is 11.3 Å². The topological polar surface area (TPSA) is 75.1 Å². The van der Waals surface area contributed by atoms with Crippen LogP contribution in [0.25, 0.3) is 0 Å². The molecule has 1 unspecified atom stereocenters. The summed E-state index contributed by atoms with van der Waals surface area (Å²) >= 11 is 5.97. The summed E-state index contributed by atoms with van der Waals surface area (Å²) in [5, 5.41) is 6.89. The third kappa shape index (κ3) is 1.78. The predicted octanol–water partition coefficient (Wildman–Crippen LogP) is 1.80. The van der Waals surface area contributed by atoms with Gasteiger partial charge in [0.1, 0.15) is 6.04 Å². The number of nitrogens with zero attached hydrogens (tertiary/aromatic N) is 2. The molecule has 0 aliphatic heterocycles. The van der Waals surface area contributed by atoms with Crippen molar-refractivity contribution >= 4 is 34.1 Å². The third-order valence-corrected chi connectivity index (χ3v) is 2.06. The second-order valence-corrected chi connectivity index (χ2v) is 2.98. The summed E-state index contributed by atoms with van der Waals surface area (Å²) in [6.45, 7) is 0. The van der Waals surface area contributed by atoms with Crippen molar-refractivity contribution in [1.82, 2.24) is 4.98 Å². The molecule has 6 heteroatoms. The highest BCUT2D eigenvalue weighted by molar-refractivity contribution is 7.79. The van der Waals surface area contributed by atoms with Gasteiger partial charge in [0.15, 0.2) is 5.13 Å². The molecule has 0 spiro atoms. The lowest BCUT2D eigenvalue weighted by Crippen LogP contribution is -1.95. The first-order valence-electron chi connectivity index (χ1n) is 2.80. The SMILES string of the molecule is N=NC(C=S)c1csc(N)n1. The summed E-state index contributed by atoms with van der Waals surface area (Å²) in [6, 6.07) is -0.418. The van der Waals surface area contributed by atoms with Crippen molar-refractivity contribution in [3.8, 4) is 0 Å². The average molecular weight is 186 g/mol. The maximum absolute atomic E-state index is 6.76. The van der Waals surface area contributed by atoms with E-state index in [4.69, 9.17) is 11.3 Å². The maximum atomic E-state index is 6.76. The summed E-state index contributed by atoms with van der Waals surface area (Å²) < 4.78 is 0. The Kier molecular flexibility index (Phi) is 2.61. The Morgan fingerprint density at radius 2 is 2.64 bits per heavy atom. The lowest BCUT2D eigenvalue weighted by Gasteiger charge is -1.96. The van der Waals surface area contributed by atoms with E-state index in [0.717, 1.165) is 0 Å². The van der Waals surface area contributed by atoms with Crippen molar-refractivity contribution in [3.63, 3.8) is 0 Å². The van der Waals surface area contributed by atoms with E-state index in [0.29, 0.717) is 10.8 Å². The van der Waals surface area contributed by atoms with Crippen LogP contribution in [0.15, 0.2) is 10.5 Å². The number of anilines is 1. The van der Waals surface area contributed by atoms with Gasteiger partial charge in [-0.1, -0.05) is 12.2 Å². The highest BCUT2D eigenvalue weighted by Crippen LogP contribution is 2.19. The van der Waals surface area contributed by atoms with Crippen molar-refractivity contribution < 1.29 is 0 Å². The van der Waals surface area contributed by atoms with Crippen LogP contribution in [-0.2, 0) is 0 Å². The number of aromatic nitrogens is 1. The minimum Gasteiger partial charge on any atom is -0.375 e. The Bertz CT molecular complexity index is 261.